The van der Waals surface area contributed by atoms with Crippen LogP contribution in [0.5, 0.6) is 0 Å². The van der Waals surface area contributed by atoms with Crippen molar-refractivity contribution >= 4 is 11.8 Å². The van der Waals surface area contributed by atoms with Crippen molar-refractivity contribution in [2.45, 2.75) is 50.6 Å². The lowest BCUT2D eigenvalue weighted by atomic mass is 9.94. The minimum Gasteiger partial charge on any atom is -0.368 e. The normalized spacial score (nSPS) is 19.1. The maximum absolute atomic E-state index is 11.2. The van der Waals surface area contributed by atoms with Gasteiger partial charge in [0.05, 0.1) is 12.5 Å². The lowest BCUT2D eigenvalue weighted by Gasteiger charge is -2.26. The molecule has 1 fully saturated rings. The molecule has 1 rings (SSSR count). The summed E-state index contributed by atoms with van der Waals surface area (Å²) in [5, 5.41) is 5.69. The van der Waals surface area contributed by atoms with Gasteiger partial charge in [-0.05, 0) is 12.8 Å². The fourth-order valence-electron chi connectivity index (χ4n) is 2.08. The molecule has 92 valence electrons. The number of hydrogen-bond donors (Lipinski definition) is 3. The third kappa shape index (κ3) is 4.18. The molecule has 0 heterocycles. The van der Waals surface area contributed by atoms with E-state index in [1.807, 2.05) is 0 Å². The highest BCUT2D eigenvalue weighted by Gasteiger charge is 2.23. The molecule has 0 aromatic heterocycles. The highest BCUT2D eigenvalue weighted by molar-refractivity contribution is 5.87. The Morgan fingerprint density at radius 3 is 2.44 bits per heavy atom. The molecule has 2 amide bonds. The van der Waals surface area contributed by atoms with Gasteiger partial charge in [-0.2, -0.15) is 0 Å². The van der Waals surface area contributed by atoms with Gasteiger partial charge in [0.2, 0.25) is 11.8 Å². The van der Waals surface area contributed by atoms with Crippen LogP contribution in [0.4, 0.5) is 0 Å². The summed E-state index contributed by atoms with van der Waals surface area (Å²) < 4.78 is 0. The van der Waals surface area contributed by atoms with Gasteiger partial charge in [0.25, 0.3) is 0 Å². The van der Waals surface area contributed by atoms with Crippen LogP contribution in [0.1, 0.15) is 38.5 Å². The number of carbonyl (C=O) groups excluding carboxylic acids is 2. The van der Waals surface area contributed by atoms with E-state index in [1.54, 1.807) is 7.05 Å². The standard InChI is InChI=1S/C11H21N3O2/c1-13-10(15)7-9(11(12)16)14-8-5-3-2-4-6-8/h8-9,14H,2-7H2,1H3,(H2,12,16)(H,13,15). The molecule has 4 N–H and O–H groups in total. The van der Waals surface area contributed by atoms with E-state index < -0.39 is 11.9 Å². The summed E-state index contributed by atoms with van der Waals surface area (Å²) in [6.45, 7) is 0. The van der Waals surface area contributed by atoms with Crippen LogP contribution in [0.3, 0.4) is 0 Å². The number of nitrogens with two attached hydrogens (primary N) is 1. The van der Waals surface area contributed by atoms with E-state index in [9.17, 15) is 9.59 Å². The van der Waals surface area contributed by atoms with Crippen molar-refractivity contribution in [1.29, 1.82) is 0 Å². The summed E-state index contributed by atoms with van der Waals surface area (Å²) in [5.74, 6) is -0.610. The molecule has 0 saturated heterocycles. The van der Waals surface area contributed by atoms with Crippen LogP contribution in [-0.4, -0.2) is 30.9 Å². The zero-order valence-electron chi connectivity index (χ0n) is 9.79. The van der Waals surface area contributed by atoms with Crippen molar-refractivity contribution < 1.29 is 9.59 Å². The monoisotopic (exact) mass is 227 g/mol. The second-order valence-corrected chi connectivity index (χ2v) is 4.33. The molecule has 1 saturated carbocycles. The van der Waals surface area contributed by atoms with Crippen LogP contribution < -0.4 is 16.4 Å². The predicted molar refractivity (Wildman–Crippen MR) is 61.7 cm³/mol. The largest absolute Gasteiger partial charge is 0.368 e. The minimum absolute atomic E-state index is 0.127. The van der Waals surface area contributed by atoms with Gasteiger partial charge in [-0.3, -0.25) is 9.59 Å². The smallest absolute Gasteiger partial charge is 0.235 e. The Bertz CT molecular complexity index is 250. The predicted octanol–water partition coefficient (Wildman–Crippen LogP) is -0.101. The quantitative estimate of drug-likeness (QED) is 0.613. The highest BCUT2D eigenvalue weighted by Crippen LogP contribution is 2.18. The van der Waals surface area contributed by atoms with Crippen molar-refractivity contribution in [3.63, 3.8) is 0 Å². The Balaban J connectivity index is 2.43. The summed E-state index contributed by atoms with van der Waals surface area (Å²) in [4.78, 5) is 22.4. The molecular weight excluding hydrogens is 206 g/mol. The number of amides is 2. The van der Waals surface area contributed by atoms with Gasteiger partial charge in [-0.1, -0.05) is 19.3 Å². The van der Waals surface area contributed by atoms with Gasteiger partial charge in [0.1, 0.15) is 0 Å². The third-order valence-corrected chi connectivity index (χ3v) is 3.05. The van der Waals surface area contributed by atoms with E-state index in [0.29, 0.717) is 6.04 Å². The van der Waals surface area contributed by atoms with Crippen LogP contribution in [-0.2, 0) is 9.59 Å². The molecule has 5 heteroatoms. The second-order valence-electron chi connectivity index (χ2n) is 4.33. The van der Waals surface area contributed by atoms with E-state index in [0.717, 1.165) is 12.8 Å². The maximum atomic E-state index is 11.2. The first kappa shape index (κ1) is 13.0. The SMILES string of the molecule is CNC(=O)CC(NC1CCCCC1)C(N)=O. The average molecular weight is 227 g/mol. The molecule has 1 aliphatic carbocycles. The van der Waals surface area contributed by atoms with Crippen LogP contribution >= 0.6 is 0 Å². The summed E-state index contributed by atoms with van der Waals surface area (Å²) in [5.41, 5.74) is 5.28. The average Bonchev–Trinajstić information content (AvgIpc) is 2.29. The lowest BCUT2D eigenvalue weighted by Crippen LogP contribution is -2.49. The van der Waals surface area contributed by atoms with E-state index in [4.69, 9.17) is 5.73 Å². The van der Waals surface area contributed by atoms with E-state index >= 15 is 0 Å². The first-order valence-corrected chi connectivity index (χ1v) is 5.89. The number of primary amides is 1. The number of nitrogens with one attached hydrogen (secondary N) is 2. The minimum atomic E-state index is -0.539. The first-order chi connectivity index (χ1) is 7.63. The van der Waals surface area contributed by atoms with Gasteiger partial charge in [0.15, 0.2) is 0 Å². The number of rotatable bonds is 5. The summed E-state index contributed by atoms with van der Waals surface area (Å²) in [6.07, 6.45) is 5.89. The van der Waals surface area contributed by atoms with Gasteiger partial charge in [-0.25, -0.2) is 0 Å². The third-order valence-electron chi connectivity index (χ3n) is 3.05. The Morgan fingerprint density at radius 1 is 1.31 bits per heavy atom. The van der Waals surface area contributed by atoms with E-state index in [1.165, 1.54) is 19.3 Å². The fourth-order valence-corrected chi connectivity index (χ4v) is 2.08. The molecule has 0 bridgehead atoms. The molecular formula is C11H21N3O2. The summed E-state index contributed by atoms with van der Waals surface area (Å²) in [7, 11) is 1.56. The molecule has 1 aliphatic rings. The van der Waals surface area contributed by atoms with Gasteiger partial charge in [-0.15, -0.1) is 0 Å². The summed E-state index contributed by atoms with van der Waals surface area (Å²) >= 11 is 0. The van der Waals surface area contributed by atoms with Gasteiger partial charge in [0, 0.05) is 13.1 Å². The van der Waals surface area contributed by atoms with Crippen molar-refractivity contribution in [1.82, 2.24) is 10.6 Å². The zero-order valence-corrected chi connectivity index (χ0v) is 9.79. The van der Waals surface area contributed by atoms with Crippen LogP contribution in [0, 0.1) is 0 Å². The molecule has 5 nitrogen and oxygen atoms in total. The van der Waals surface area contributed by atoms with Crippen molar-refractivity contribution in [3.05, 3.63) is 0 Å². The Hall–Kier alpha value is -1.10. The van der Waals surface area contributed by atoms with Crippen molar-refractivity contribution in [2.24, 2.45) is 5.73 Å². The maximum Gasteiger partial charge on any atom is 0.235 e. The van der Waals surface area contributed by atoms with E-state index in [2.05, 4.69) is 10.6 Å². The fraction of sp³-hybridized carbons (Fsp3) is 0.818. The van der Waals surface area contributed by atoms with Crippen LogP contribution in [0.2, 0.25) is 0 Å². The van der Waals surface area contributed by atoms with Crippen LogP contribution in [0.15, 0.2) is 0 Å². The first-order valence-electron chi connectivity index (χ1n) is 5.89. The Kier molecular flexibility index (Phi) is 5.25. The topological polar surface area (TPSA) is 84.2 Å². The zero-order chi connectivity index (χ0) is 12.0. The number of hydrogen-bond acceptors (Lipinski definition) is 3. The van der Waals surface area contributed by atoms with Crippen molar-refractivity contribution in [3.8, 4) is 0 Å². The van der Waals surface area contributed by atoms with Gasteiger partial charge >= 0.3 is 0 Å². The molecule has 0 spiro atoms. The molecule has 0 aliphatic heterocycles. The second kappa shape index (κ2) is 6.48. The number of carbonyl (C=O) groups is 2. The van der Waals surface area contributed by atoms with E-state index in [-0.39, 0.29) is 12.3 Å². The van der Waals surface area contributed by atoms with Gasteiger partial charge < -0.3 is 16.4 Å². The molecule has 0 radical (unpaired) electrons. The molecule has 0 aromatic carbocycles. The lowest BCUT2D eigenvalue weighted by molar-refractivity contribution is -0.126. The molecule has 0 aromatic rings. The Morgan fingerprint density at radius 2 is 1.94 bits per heavy atom. The Labute approximate surface area is 96.1 Å². The molecule has 1 unspecified atom stereocenters. The molecule has 16 heavy (non-hydrogen) atoms. The molecule has 1 atom stereocenters. The summed E-state index contributed by atoms with van der Waals surface area (Å²) in [6, 6.07) is -0.209. The van der Waals surface area contributed by atoms with Crippen molar-refractivity contribution in [2.75, 3.05) is 7.05 Å². The highest BCUT2D eigenvalue weighted by atomic mass is 16.2. The van der Waals surface area contributed by atoms with Crippen LogP contribution in [0.25, 0.3) is 0 Å².